The van der Waals surface area contributed by atoms with E-state index in [0.717, 1.165) is 0 Å². The highest BCUT2D eigenvalue weighted by atomic mass is 16.5. The molecule has 1 rings (SSSR count). The number of carbonyl (C=O) groups excluding carboxylic acids is 2. The minimum absolute atomic E-state index is 0.0122. The Morgan fingerprint density at radius 3 is 2.35 bits per heavy atom. The van der Waals surface area contributed by atoms with Crippen molar-refractivity contribution in [2.45, 2.75) is 52.3 Å². The van der Waals surface area contributed by atoms with Gasteiger partial charge in [-0.1, -0.05) is 27.7 Å². The molecule has 2 amide bonds. The molecule has 0 saturated carbocycles. The lowest BCUT2D eigenvalue weighted by molar-refractivity contribution is -0.136. The molecule has 20 heavy (non-hydrogen) atoms. The second-order valence-electron chi connectivity index (χ2n) is 6.05. The van der Waals surface area contributed by atoms with Crippen molar-refractivity contribution in [1.82, 2.24) is 10.2 Å². The molecule has 116 valence electrons. The normalized spacial score (nSPS) is 24.1. The Kier molecular flexibility index (Phi) is 5.80. The third-order valence-corrected chi connectivity index (χ3v) is 3.77. The fourth-order valence-electron chi connectivity index (χ4n) is 2.61. The van der Waals surface area contributed by atoms with Gasteiger partial charge in [0.15, 0.2) is 0 Å². The molecule has 0 aromatic carbocycles. The molecule has 6 heteroatoms. The topological polar surface area (TPSA) is 78.9 Å². The molecule has 1 heterocycles. The van der Waals surface area contributed by atoms with E-state index in [2.05, 4.69) is 10.1 Å². The van der Waals surface area contributed by atoms with Crippen LogP contribution in [0.25, 0.3) is 0 Å². The Hall–Kier alpha value is -1.30. The van der Waals surface area contributed by atoms with E-state index < -0.39 is 18.2 Å². The minimum Gasteiger partial charge on any atom is -0.453 e. The number of alkyl carbamates (subject to hydrolysis) is 1. The van der Waals surface area contributed by atoms with Gasteiger partial charge < -0.3 is 20.1 Å². The van der Waals surface area contributed by atoms with Crippen molar-refractivity contribution in [3.8, 4) is 0 Å². The highest BCUT2D eigenvalue weighted by Crippen LogP contribution is 2.25. The number of likely N-dealkylation sites (tertiary alicyclic amines) is 1. The molecule has 1 aliphatic rings. The molecule has 1 aliphatic heterocycles. The van der Waals surface area contributed by atoms with Crippen molar-refractivity contribution < 1.29 is 19.4 Å². The molecule has 0 aromatic heterocycles. The second kappa shape index (κ2) is 6.92. The van der Waals surface area contributed by atoms with E-state index in [1.54, 1.807) is 4.90 Å². The number of amides is 2. The Balaban J connectivity index is 2.85. The summed E-state index contributed by atoms with van der Waals surface area (Å²) in [4.78, 5) is 25.7. The van der Waals surface area contributed by atoms with Crippen LogP contribution in [0.15, 0.2) is 0 Å². The van der Waals surface area contributed by atoms with E-state index >= 15 is 0 Å². The zero-order valence-corrected chi connectivity index (χ0v) is 12.9. The molecule has 0 unspecified atom stereocenters. The maximum absolute atomic E-state index is 12.6. The van der Waals surface area contributed by atoms with Crippen LogP contribution < -0.4 is 5.32 Å². The zero-order valence-electron chi connectivity index (χ0n) is 12.9. The third kappa shape index (κ3) is 3.85. The number of aliphatic hydroxyl groups excluding tert-OH is 1. The molecule has 0 bridgehead atoms. The average molecular weight is 286 g/mol. The Labute approximate surface area is 120 Å². The highest BCUT2D eigenvalue weighted by molar-refractivity contribution is 5.86. The number of carbonyl (C=O) groups is 2. The van der Waals surface area contributed by atoms with Crippen molar-refractivity contribution in [3.05, 3.63) is 0 Å². The Bertz CT molecular complexity index is 357. The predicted molar refractivity (Wildman–Crippen MR) is 75.1 cm³/mol. The largest absolute Gasteiger partial charge is 0.453 e. The SMILES string of the molecule is COC(=O)N[C@H](C(=O)N1C[C@H](O)C[C@H]1C(C)C)C(C)C. The summed E-state index contributed by atoms with van der Waals surface area (Å²) < 4.78 is 4.57. The molecule has 3 atom stereocenters. The van der Waals surface area contributed by atoms with E-state index in [9.17, 15) is 14.7 Å². The van der Waals surface area contributed by atoms with Gasteiger partial charge in [0.05, 0.1) is 13.2 Å². The van der Waals surface area contributed by atoms with E-state index in [1.807, 2.05) is 27.7 Å². The summed E-state index contributed by atoms with van der Waals surface area (Å²) in [6.45, 7) is 8.13. The molecular weight excluding hydrogens is 260 g/mol. The number of rotatable bonds is 4. The molecule has 0 spiro atoms. The van der Waals surface area contributed by atoms with Gasteiger partial charge in [0, 0.05) is 12.6 Å². The maximum Gasteiger partial charge on any atom is 0.407 e. The van der Waals surface area contributed by atoms with Crippen molar-refractivity contribution in [3.63, 3.8) is 0 Å². The zero-order chi connectivity index (χ0) is 15.4. The van der Waals surface area contributed by atoms with Crippen LogP contribution >= 0.6 is 0 Å². The van der Waals surface area contributed by atoms with Crippen LogP contribution in [0.2, 0.25) is 0 Å². The van der Waals surface area contributed by atoms with Gasteiger partial charge in [-0.05, 0) is 18.3 Å². The molecule has 0 radical (unpaired) electrons. The van der Waals surface area contributed by atoms with Gasteiger partial charge in [-0.15, -0.1) is 0 Å². The van der Waals surface area contributed by atoms with Crippen LogP contribution in [0.5, 0.6) is 0 Å². The quantitative estimate of drug-likeness (QED) is 0.807. The molecule has 6 nitrogen and oxygen atoms in total. The summed E-state index contributed by atoms with van der Waals surface area (Å²) in [6.07, 6.45) is -0.512. The van der Waals surface area contributed by atoms with Crippen LogP contribution in [-0.2, 0) is 9.53 Å². The smallest absolute Gasteiger partial charge is 0.407 e. The number of hydrogen-bond acceptors (Lipinski definition) is 4. The number of aliphatic hydroxyl groups is 1. The first-order valence-corrected chi connectivity index (χ1v) is 7.11. The molecule has 0 aromatic rings. The van der Waals surface area contributed by atoms with Gasteiger partial charge in [0.1, 0.15) is 6.04 Å². The van der Waals surface area contributed by atoms with Crippen molar-refractivity contribution >= 4 is 12.0 Å². The number of β-amino-alcohol motifs (C(OH)–C–C–N with tert-alkyl or cyclic N) is 1. The van der Waals surface area contributed by atoms with Crippen molar-refractivity contribution in [1.29, 1.82) is 0 Å². The average Bonchev–Trinajstić information content (AvgIpc) is 2.76. The molecule has 0 aliphatic carbocycles. The summed E-state index contributed by atoms with van der Waals surface area (Å²) in [7, 11) is 1.27. The van der Waals surface area contributed by atoms with Gasteiger partial charge in [0.25, 0.3) is 0 Å². The number of methoxy groups -OCH3 is 1. The van der Waals surface area contributed by atoms with Gasteiger partial charge in [0.2, 0.25) is 5.91 Å². The summed E-state index contributed by atoms with van der Waals surface area (Å²) in [5, 5.41) is 12.4. The number of nitrogens with zero attached hydrogens (tertiary/aromatic N) is 1. The van der Waals surface area contributed by atoms with Crippen LogP contribution in [0, 0.1) is 11.8 Å². The lowest BCUT2D eigenvalue weighted by Gasteiger charge is -2.32. The van der Waals surface area contributed by atoms with Crippen LogP contribution in [0.1, 0.15) is 34.1 Å². The number of nitrogens with one attached hydrogen (secondary N) is 1. The lowest BCUT2D eigenvalue weighted by Crippen LogP contribution is -2.53. The summed E-state index contributed by atoms with van der Waals surface area (Å²) in [5.41, 5.74) is 0. The number of hydrogen-bond donors (Lipinski definition) is 2. The van der Waals surface area contributed by atoms with Gasteiger partial charge >= 0.3 is 6.09 Å². The van der Waals surface area contributed by atoms with E-state index in [4.69, 9.17) is 0 Å². The molecule has 2 N–H and O–H groups in total. The van der Waals surface area contributed by atoms with Gasteiger partial charge in [-0.25, -0.2) is 4.79 Å². The van der Waals surface area contributed by atoms with E-state index in [1.165, 1.54) is 7.11 Å². The summed E-state index contributed by atoms with van der Waals surface area (Å²) in [6, 6.07) is -0.618. The Morgan fingerprint density at radius 1 is 1.30 bits per heavy atom. The van der Waals surface area contributed by atoms with E-state index in [0.29, 0.717) is 13.0 Å². The maximum atomic E-state index is 12.6. The fourth-order valence-corrected chi connectivity index (χ4v) is 2.61. The van der Waals surface area contributed by atoms with E-state index in [-0.39, 0.29) is 23.8 Å². The van der Waals surface area contributed by atoms with Gasteiger partial charge in [-0.2, -0.15) is 0 Å². The van der Waals surface area contributed by atoms with Crippen LogP contribution in [0.3, 0.4) is 0 Å². The Morgan fingerprint density at radius 2 is 1.90 bits per heavy atom. The standard InChI is InChI=1S/C14H26N2O4/c1-8(2)11-6-10(17)7-16(11)13(18)12(9(3)4)15-14(19)20-5/h8-12,17H,6-7H2,1-5H3,(H,15,19)/t10-,11+,12+/m1/s1. The monoisotopic (exact) mass is 286 g/mol. The first kappa shape index (κ1) is 16.8. The van der Waals surface area contributed by atoms with Gasteiger partial charge in [-0.3, -0.25) is 4.79 Å². The highest BCUT2D eigenvalue weighted by Gasteiger charge is 2.39. The first-order valence-electron chi connectivity index (χ1n) is 7.11. The molecular formula is C14H26N2O4. The lowest BCUT2D eigenvalue weighted by atomic mass is 9.98. The summed E-state index contributed by atoms with van der Waals surface area (Å²) >= 11 is 0. The third-order valence-electron chi connectivity index (χ3n) is 3.77. The van der Waals surface area contributed by atoms with Crippen molar-refractivity contribution in [2.24, 2.45) is 11.8 Å². The fraction of sp³-hybridized carbons (Fsp3) is 0.857. The molecule has 1 fully saturated rings. The predicted octanol–water partition coefficient (Wildman–Crippen LogP) is 0.985. The summed E-state index contributed by atoms with van der Waals surface area (Å²) in [5.74, 6) is 0.0647. The van der Waals surface area contributed by atoms with Crippen LogP contribution in [0.4, 0.5) is 4.79 Å². The van der Waals surface area contributed by atoms with Crippen LogP contribution in [-0.4, -0.2) is 53.8 Å². The number of ether oxygens (including phenoxy) is 1. The minimum atomic E-state index is -0.631. The first-order chi connectivity index (χ1) is 9.27. The second-order valence-corrected chi connectivity index (χ2v) is 6.05. The molecule has 1 saturated heterocycles. The van der Waals surface area contributed by atoms with Crippen molar-refractivity contribution in [2.75, 3.05) is 13.7 Å².